The molecule has 0 amide bonds. The molecule has 2 aromatic rings. The second-order valence-electron chi connectivity index (χ2n) is 5.19. The van der Waals surface area contributed by atoms with Crippen molar-refractivity contribution in [2.45, 2.75) is 18.9 Å². The van der Waals surface area contributed by atoms with E-state index in [0.717, 1.165) is 16.3 Å². The van der Waals surface area contributed by atoms with Gasteiger partial charge < -0.3 is 9.84 Å². The number of aliphatic hydroxyl groups is 1. The Hall–Kier alpha value is -1.59. The van der Waals surface area contributed by atoms with Crippen LogP contribution >= 0.6 is 0 Å². The standard InChI is InChI=1S/C16H20O4S/c1-20-15-10-9-12-6-3-4-7-13(12)16(15)14(17)8-5-11-21(2,18)19/h3-4,6-7,9-10,14,17H,5,8,11H2,1-2H3. The lowest BCUT2D eigenvalue weighted by Gasteiger charge is -2.17. The predicted molar refractivity (Wildman–Crippen MR) is 84.4 cm³/mol. The molecule has 0 bridgehead atoms. The second-order valence-corrected chi connectivity index (χ2v) is 7.45. The van der Waals surface area contributed by atoms with E-state index in [1.165, 1.54) is 6.26 Å². The molecule has 0 saturated carbocycles. The fraction of sp³-hybridized carbons (Fsp3) is 0.375. The summed E-state index contributed by atoms with van der Waals surface area (Å²) in [6, 6.07) is 11.5. The van der Waals surface area contributed by atoms with Gasteiger partial charge in [0, 0.05) is 17.6 Å². The maximum Gasteiger partial charge on any atom is 0.147 e. The Morgan fingerprint density at radius 3 is 2.57 bits per heavy atom. The van der Waals surface area contributed by atoms with E-state index in [1.807, 2.05) is 36.4 Å². The molecule has 0 fully saturated rings. The second kappa shape index (κ2) is 6.45. The van der Waals surface area contributed by atoms with Crippen molar-refractivity contribution in [2.24, 2.45) is 0 Å². The van der Waals surface area contributed by atoms with Crippen molar-refractivity contribution in [2.75, 3.05) is 19.1 Å². The molecule has 1 N–H and O–H groups in total. The van der Waals surface area contributed by atoms with Gasteiger partial charge in [-0.15, -0.1) is 0 Å². The number of aliphatic hydroxyl groups excluding tert-OH is 1. The van der Waals surface area contributed by atoms with Gasteiger partial charge in [0.2, 0.25) is 0 Å². The quantitative estimate of drug-likeness (QED) is 0.891. The lowest BCUT2D eigenvalue weighted by atomic mass is 9.97. The number of rotatable bonds is 6. The summed E-state index contributed by atoms with van der Waals surface area (Å²) in [6.07, 6.45) is 1.27. The number of ether oxygens (including phenoxy) is 1. The molecule has 21 heavy (non-hydrogen) atoms. The third-order valence-electron chi connectivity index (χ3n) is 3.48. The summed E-state index contributed by atoms with van der Waals surface area (Å²) in [4.78, 5) is 0. The largest absolute Gasteiger partial charge is 0.496 e. The average Bonchev–Trinajstić information content (AvgIpc) is 2.44. The molecule has 1 unspecified atom stereocenters. The van der Waals surface area contributed by atoms with Gasteiger partial charge in [0.25, 0.3) is 0 Å². The Morgan fingerprint density at radius 2 is 1.90 bits per heavy atom. The maximum atomic E-state index is 11.2. The highest BCUT2D eigenvalue weighted by Crippen LogP contribution is 2.35. The van der Waals surface area contributed by atoms with Crippen LogP contribution in [0.5, 0.6) is 5.75 Å². The fourth-order valence-corrected chi connectivity index (χ4v) is 3.17. The molecule has 2 aromatic carbocycles. The fourth-order valence-electron chi connectivity index (χ4n) is 2.48. The molecule has 2 rings (SSSR count). The summed E-state index contributed by atoms with van der Waals surface area (Å²) >= 11 is 0. The first-order chi connectivity index (χ1) is 9.92. The van der Waals surface area contributed by atoms with Crippen LogP contribution in [0, 0.1) is 0 Å². The molecule has 0 aliphatic rings. The first kappa shape index (κ1) is 15.8. The zero-order valence-electron chi connectivity index (χ0n) is 12.2. The van der Waals surface area contributed by atoms with Crippen molar-refractivity contribution in [3.05, 3.63) is 42.0 Å². The van der Waals surface area contributed by atoms with Crippen molar-refractivity contribution in [3.63, 3.8) is 0 Å². The Balaban J connectivity index is 2.30. The molecular weight excluding hydrogens is 288 g/mol. The van der Waals surface area contributed by atoms with Crippen LogP contribution in [0.25, 0.3) is 10.8 Å². The molecular formula is C16H20O4S. The van der Waals surface area contributed by atoms with Crippen LogP contribution in [0.2, 0.25) is 0 Å². The summed E-state index contributed by atoms with van der Waals surface area (Å²) in [5, 5.41) is 12.4. The number of hydrogen-bond donors (Lipinski definition) is 1. The predicted octanol–water partition coefficient (Wildman–Crippen LogP) is 2.71. The van der Waals surface area contributed by atoms with Crippen molar-refractivity contribution in [1.82, 2.24) is 0 Å². The van der Waals surface area contributed by atoms with Crippen LogP contribution in [0.1, 0.15) is 24.5 Å². The van der Waals surface area contributed by atoms with Gasteiger partial charge in [-0.05, 0) is 29.7 Å². The summed E-state index contributed by atoms with van der Waals surface area (Å²) in [5.74, 6) is 0.706. The van der Waals surface area contributed by atoms with E-state index >= 15 is 0 Å². The van der Waals surface area contributed by atoms with E-state index in [4.69, 9.17) is 4.74 Å². The van der Waals surface area contributed by atoms with Crippen molar-refractivity contribution in [3.8, 4) is 5.75 Å². The molecule has 0 heterocycles. The van der Waals surface area contributed by atoms with Gasteiger partial charge in [0.1, 0.15) is 15.6 Å². The summed E-state index contributed by atoms with van der Waals surface area (Å²) in [6.45, 7) is 0. The highest BCUT2D eigenvalue weighted by atomic mass is 32.2. The monoisotopic (exact) mass is 308 g/mol. The van der Waals surface area contributed by atoms with Gasteiger partial charge in [0.15, 0.2) is 0 Å². The van der Waals surface area contributed by atoms with Gasteiger partial charge in [0.05, 0.1) is 13.2 Å². The molecule has 1 atom stereocenters. The zero-order chi connectivity index (χ0) is 15.5. The third-order valence-corrected chi connectivity index (χ3v) is 4.51. The van der Waals surface area contributed by atoms with Crippen LogP contribution < -0.4 is 4.74 Å². The Labute approximate surface area is 125 Å². The van der Waals surface area contributed by atoms with Crippen LogP contribution in [0.3, 0.4) is 0 Å². The van der Waals surface area contributed by atoms with Gasteiger partial charge in [-0.2, -0.15) is 0 Å². The first-order valence-electron chi connectivity index (χ1n) is 6.84. The van der Waals surface area contributed by atoms with E-state index in [1.54, 1.807) is 7.11 Å². The van der Waals surface area contributed by atoms with Gasteiger partial charge >= 0.3 is 0 Å². The van der Waals surface area contributed by atoms with E-state index in [9.17, 15) is 13.5 Å². The first-order valence-corrected chi connectivity index (χ1v) is 8.90. The smallest absolute Gasteiger partial charge is 0.147 e. The molecule has 114 valence electrons. The highest BCUT2D eigenvalue weighted by molar-refractivity contribution is 7.90. The minimum absolute atomic E-state index is 0.0805. The average molecular weight is 308 g/mol. The zero-order valence-corrected chi connectivity index (χ0v) is 13.1. The van der Waals surface area contributed by atoms with Crippen molar-refractivity contribution in [1.29, 1.82) is 0 Å². The molecule has 0 aliphatic heterocycles. The van der Waals surface area contributed by atoms with E-state index in [2.05, 4.69) is 0 Å². The minimum Gasteiger partial charge on any atom is -0.496 e. The molecule has 0 saturated heterocycles. The molecule has 0 aromatic heterocycles. The van der Waals surface area contributed by atoms with Gasteiger partial charge in [-0.3, -0.25) is 0 Å². The highest BCUT2D eigenvalue weighted by Gasteiger charge is 2.17. The van der Waals surface area contributed by atoms with E-state index in [0.29, 0.717) is 18.6 Å². The SMILES string of the molecule is COc1ccc2ccccc2c1C(O)CCCS(C)(=O)=O. The molecule has 4 nitrogen and oxygen atoms in total. The number of fused-ring (bicyclic) bond motifs is 1. The van der Waals surface area contributed by atoms with Crippen LogP contribution in [0.15, 0.2) is 36.4 Å². The van der Waals surface area contributed by atoms with E-state index < -0.39 is 15.9 Å². The van der Waals surface area contributed by atoms with Crippen LogP contribution in [-0.2, 0) is 9.84 Å². The molecule has 0 spiro atoms. The summed E-state index contributed by atoms with van der Waals surface area (Å²) in [5.41, 5.74) is 0.726. The molecule has 0 aliphatic carbocycles. The van der Waals surface area contributed by atoms with Crippen LogP contribution in [-0.4, -0.2) is 32.6 Å². The van der Waals surface area contributed by atoms with Crippen molar-refractivity contribution >= 4 is 20.6 Å². The van der Waals surface area contributed by atoms with Gasteiger partial charge in [-0.25, -0.2) is 8.42 Å². The lowest BCUT2D eigenvalue weighted by molar-refractivity contribution is 0.164. The normalized spacial score (nSPS) is 13.3. The Bertz CT molecular complexity index is 722. The molecule has 0 radical (unpaired) electrons. The summed E-state index contributed by atoms with van der Waals surface area (Å²) in [7, 11) is -1.44. The lowest BCUT2D eigenvalue weighted by Crippen LogP contribution is -2.07. The minimum atomic E-state index is -3.00. The maximum absolute atomic E-state index is 11.2. The Kier molecular flexibility index (Phi) is 4.85. The van der Waals surface area contributed by atoms with E-state index in [-0.39, 0.29) is 5.75 Å². The van der Waals surface area contributed by atoms with Crippen molar-refractivity contribution < 1.29 is 18.3 Å². The van der Waals surface area contributed by atoms with Gasteiger partial charge in [-0.1, -0.05) is 30.3 Å². The number of hydrogen-bond acceptors (Lipinski definition) is 4. The third kappa shape index (κ3) is 3.95. The van der Waals surface area contributed by atoms with Crippen LogP contribution in [0.4, 0.5) is 0 Å². The summed E-state index contributed by atoms with van der Waals surface area (Å²) < 4.78 is 27.7. The number of benzene rings is 2. The molecule has 5 heteroatoms. The number of sulfone groups is 1. The topological polar surface area (TPSA) is 63.6 Å². The number of methoxy groups -OCH3 is 1. The Morgan fingerprint density at radius 1 is 1.19 bits per heavy atom.